The van der Waals surface area contributed by atoms with Crippen molar-refractivity contribution < 1.29 is 9.53 Å². The van der Waals surface area contributed by atoms with E-state index in [1.165, 1.54) is 32.1 Å². The van der Waals surface area contributed by atoms with Gasteiger partial charge >= 0.3 is 0 Å². The van der Waals surface area contributed by atoms with E-state index in [0.29, 0.717) is 18.2 Å². The highest BCUT2D eigenvalue weighted by Gasteiger charge is 2.19. The summed E-state index contributed by atoms with van der Waals surface area (Å²) in [5, 5.41) is 3.09. The van der Waals surface area contributed by atoms with Gasteiger partial charge in [0.2, 0.25) is 0 Å². The lowest BCUT2D eigenvalue weighted by atomic mass is 9.94. The van der Waals surface area contributed by atoms with Gasteiger partial charge in [-0.05, 0) is 49.2 Å². The smallest absolute Gasteiger partial charge is 0.255 e. The molecule has 1 amide bonds. The fraction of sp³-hybridized carbons (Fsp3) is 0.435. The van der Waals surface area contributed by atoms with Gasteiger partial charge in [-0.3, -0.25) is 9.69 Å². The molecule has 0 aliphatic heterocycles. The third-order valence-corrected chi connectivity index (χ3v) is 5.41. The molecular formula is C23H30N2O2. The van der Waals surface area contributed by atoms with Crippen LogP contribution in [0, 0.1) is 0 Å². The molecule has 0 bridgehead atoms. The summed E-state index contributed by atoms with van der Waals surface area (Å²) < 4.78 is 5.12. The number of hydrogen-bond donors (Lipinski definition) is 1. The van der Waals surface area contributed by atoms with E-state index < -0.39 is 0 Å². The molecule has 0 radical (unpaired) electrons. The number of methoxy groups -OCH3 is 1. The van der Waals surface area contributed by atoms with E-state index in [1.807, 2.05) is 42.5 Å². The van der Waals surface area contributed by atoms with E-state index in [0.717, 1.165) is 23.4 Å². The molecule has 0 aromatic heterocycles. The van der Waals surface area contributed by atoms with E-state index >= 15 is 0 Å². The van der Waals surface area contributed by atoms with Crippen molar-refractivity contribution in [2.75, 3.05) is 19.5 Å². The highest BCUT2D eigenvalue weighted by molar-refractivity contribution is 6.04. The number of ether oxygens (including phenoxy) is 1. The highest BCUT2D eigenvalue weighted by atomic mass is 16.5. The second-order valence-corrected chi connectivity index (χ2v) is 7.45. The van der Waals surface area contributed by atoms with Crippen LogP contribution in [0.15, 0.2) is 48.5 Å². The topological polar surface area (TPSA) is 41.6 Å². The molecule has 2 aromatic carbocycles. The van der Waals surface area contributed by atoms with Crippen molar-refractivity contribution in [3.05, 3.63) is 65.2 Å². The molecule has 1 fully saturated rings. The van der Waals surface area contributed by atoms with Crippen molar-refractivity contribution >= 4 is 11.6 Å². The zero-order valence-corrected chi connectivity index (χ0v) is 16.4. The molecule has 0 atom stereocenters. The Hall–Kier alpha value is -2.17. The number of nitrogens with zero attached hydrogens (tertiary/aromatic N) is 1. The van der Waals surface area contributed by atoms with Crippen molar-refractivity contribution in [1.82, 2.24) is 4.90 Å². The van der Waals surface area contributed by atoms with E-state index in [4.69, 9.17) is 4.74 Å². The number of nitrogens with one attached hydrogen (secondary N) is 1. The molecule has 1 aliphatic carbocycles. The third kappa shape index (κ3) is 5.41. The maximum absolute atomic E-state index is 12.7. The summed E-state index contributed by atoms with van der Waals surface area (Å²) in [7, 11) is 3.87. The summed E-state index contributed by atoms with van der Waals surface area (Å²) in [6.07, 6.45) is 6.57. The largest absolute Gasteiger partial charge is 0.380 e. The van der Waals surface area contributed by atoms with Crippen LogP contribution >= 0.6 is 0 Å². The number of benzene rings is 2. The van der Waals surface area contributed by atoms with Gasteiger partial charge in [0, 0.05) is 30.9 Å². The van der Waals surface area contributed by atoms with Gasteiger partial charge in [-0.25, -0.2) is 0 Å². The average Bonchev–Trinajstić information content (AvgIpc) is 2.71. The normalized spacial score (nSPS) is 15.1. The Morgan fingerprint density at radius 1 is 1.07 bits per heavy atom. The monoisotopic (exact) mass is 366 g/mol. The summed E-state index contributed by atoms with van der Waals surface area (Å²) in [4.78, 5) is 15.1. The summed E-state index contributed by atoms with van der Waals surface area (Å²) in [6, 6.07) is 16.3. The summed E-state index contributed by atoms with van der Waals surface area (Å²) >= 11 is 0. The third-order valence-electron chi connectivity index (χ3n) is 5.41. The van der Waals surface area contributed by atoms with Gasteiger partial charge in [-0.15, -0.1) is 0 Å². The fourth-order valence-corrected chi connectivity index (χ4v) is 3.81. The summed E-state index contributed by atoms with van der Waals surface area (Å²) in [5.41, 5.74) is 3.77. The van der Waals surface area contributed by atoms with E-state index in [9.17, 15) is 4.79 Å². The summed E-state index contributed by atoms with van der Waals surface area (Å²) in [5.74, 6) is -0.0771. The molecule has 1 saturated carbocycles. The number of anilines is 1. The molecule has 0 spiro atoms. The van der Waals surface area contributed by atoms with Gasteiger partial charge in [0.05, 0.1) is 6.61 Å². The first-order valence-electron chi connectivity index (χ1n) is 9.85. The minimum absolute atomic E-state index is 0.0771. The fourth-order valence-electron chi connectivity index (χ4n) is 3.81. The summed E-state index contributed by atoms with van der Waals surface area (Å²) in [6.45, 7) is 1.41. The minimum Gasteiger partial charge on any atom is -0.380 e. The van der Waals surface area contributed by atoms with Crippen molar-refractivity contribution in [3.8, 4) is 0 Å². The van der Waals surface area contributed by atoms with Crippen LogP contribution in [-0.2, 0) is 17.9 Å². The predicted octanol–water partition coefficient (Wildman–Crippen LogP) is 4.85. The van der Waals surface area contributed by atoms with Crippen molar-refractivity contribution in [2.45, 2.75) is 51.3 Å². The first kappa shape index (κ1) is 19.6. The number of carbonyl (C=O) groups is 1. The molecule has 4 nitrogen and oxygen atoms in total. The average molecular weight is 367 g/mol. The molecule has 0 unspecified atom stereocenters. The van der Waals surface area contributed by atoms with Crippen LogP contribution in [0.1, 0.15) is 53.6 Å². The Labute approximate surface area is 162 Å². The maximum atomic E-state index is 12.7. The number of para-hydroxylation sites is 1. The molecular weight excluding hydrogens is 336 g/mol. The zero-order chi connectivity index (χ0) is 19.1. The second-order valence-electron chi connectivity index (χ2n) is 7.45. The van der Waals surface area contributed by atoms with Gasteiger partial charge in [-0.2, -0.15) is 0 Å². The van der Waals surface area contributed by atoms with E-state index in [-0.39, 0.29) is 5.91 Å². The second kappa shape index (κ2) is 9.67. The van der Waals surface area contributed by atoms with E-state index in [1.54, 1.807) is 7.11 Å². The lowest BCUT2D eigenvalue weighted by molar-refractivity contribution is 0.102. The highest BCUT2D eigenvalue weighted by Crippen LogP contribution is 2.25. The van der Waals surface area contributed by atoms with Crippen LogP contribution in [0.2, 0.25) is 0 Å². The van der Waals surface area contributed by atoms with Crippen LogP contribution < -0.4 is 5.32 Å². The Kier molecular flexibility index (Phi) is 7.02. The Balaban J connectivity index is 1.66. The number of rotatable bonds is 7. The first-order valence-corrected chi connectivity index (χ1v) is 9.85. The number of hydrogen-bond acceptors (Lipinski definition) is 3. The molecule has 4 heteroatoms. The van der Waals surface area contributed by atoms with Gasteiger partial charge < -0.3 is 10.1 Å². The van der Waals surface area contributed by atoms with Crippen LogP contribution in [-0.4, -0.2) is 31.0 Å². The molecule has 3 rings (SSSR count). The molecule has 0 heterocycles. The Morgan fingerprint density at radius 3 is 2.48 bits per heavy atom. The minimum atomic E-state index is -0.0771. The van der Waals surface area contributed by atoms with Crippen LogP contribution in [0.25, 0.3) is 0 Å². The number of amides is 1. The van der Waals surface area contributed by atoms with Crippen LogP contribution in [0.5, 0.6) is 0 Å². The van der Waals surface area contributed by atoms with Gasteiger partial charge in [0.1, 0.15) is 0 Å². The molecule has 144 valence electrons. The van der Waals surface area contributed by atoms with Gasteiger partial charge in [0.15, 0.2) is 0 Å². The van der Waals surface area contributed by atoms with Gasteiger partial charge in [0.25, 0.3) is 5.91 Å². The lowest BCUT2D eigenvalue weighted by Crippen LogP contribution is -2.33. The maximum Gasteiger partial charge on any atom is 0.255 e. The predicted molar refractivity (Wildman–Crippen MR) is 110 cm³/mol. The molecule has 2 aromatic rings. The molecule has 27 heavy (non-hydrogen) atoms. The SMILES string of the molecule is COCc1ccc(C(=O)Nc2ccccc2CN(C)C2CCCCC2)cc1. The van der Waals surface area contributed by atoms with Crippen molar-refractivity contribution in [3.63, 3.8) is 0 Å². The number of carbonyl (C=O) groups excluding carboxylic acids is 1. The Bertz CT molecular complexity index is 736. The Morgan fingerprint density at radius 2 is 1.78 bits per heavy atom. The molecule has 0 saturated heterocycles. The lowest BCUT2D eigenvalue weighted by Gasteiger charge is -2.31. The van der Waals surface area contributed by atoms with E-state index in [2.05, 4.69) is 23.3 Å². The quantitative estimate of drug-likeness (QED) is 0.762. The van der Waals surface area contributed by atoms with Crippen molar-refractivity contribution in [1.29, 1.82) is 0 Å². The zero-order valence-electron chi connectivity index (χ0n) is 16.4. The molecule has 1 N–H and O–H groups in total. The van der Waals surface area contributed by atoms with Gasteiger partial charge in [-0.1, -0.05) is 49.6 Å². The van der Waals surface area contributed by atoms with Crippen molar-refractivity contribution in [2.24, 2.45) is 0 Å². The van der Waals surface area contributed by atoms with Crippen LogP contribution in [0.4, 0.5) is 5.69 Å². The molecule has 1 aliphatic rings. The van der Waals surface area contributed by atoms with Crippen LogP contribution in [0.3, 0.4) is 0 Å². The first-order chi connectivity index (χ1) is 13.2. The standard InChI is InChI=1S/C23H30N2O2/c1-25(21-9-4-3-5-10-21)16-20-8-6-7-11-22(20)24-23(26)19-14-12-18(13-15-19)17-27-2/h6-8,11-15,21H,3-5,9-10,16-17H2,1-2H3,(H,24,26).